The molecule has 2 rings (SSSR count). The van der Waals surface area contributed by atoms with Crippen molar-refractivity contribution in [1.29, 1.82) is 0 Å². The van der Waals surface area contributed by atoms with E-state index in [0.29, 0.717) is 28.0 Å². The summed E-state index contributed by atoms with van der Waals surface area (Å²) in [4.78, 5) is 29.1. The number of thiazole rings is 1. The van der Waals surface area contributed by atoms with Crippen LogP contribution in [0.15, 0.2) is 6.07 Å². The van der Waals surface area contributed by atoms with Crippen molar-refractivity contribution in [2.45, 2.75) is 33.6 Å². The number of nitrogens with zero attached hydrogens (tertiary/aromatic N) is 3. The van der Waals surface area contributed by atoms with Gasteiger partial charge in [-0.1, -0.05) is 25.2 Å². The molecule has 0 aromatic carbocycles. The van der Waals surface area contributed by atoms with Crippen LogP contribution in [0.5, 0.6) is 0 Å². The lowest BCUT2D eigenvalue weighted by Crippen LogP contribution is -2.16. The minimum atomic E-state index is -0.412. The van der Waals surface area contributed by atoms with Gasteiger partial charge in [-0.2, -0.15) is 5.10 Å². The normalized spacial score (nSPS) is 10.9. The summed E-state index contributed by atoms with van der Waals surface area (Å²) in [5.74, 6) is -0.673. The summed E-state index contributed by atoms with van der Waals surface area (Å²) in [6.07, 6.45) is 0. The van der Waals surface area contributed by atoms with Crippen LogP contribution in [0.2, 0.25) is 0 Å². The summed E-state index contributed by atoms with van der Waals surface area (Å²) < 4.78 is 6.56. The first-order valence-corrected chi connectivity index (χ1v) is 8.15. The Morgan fingerprint density at radius 3 is 2.65 bits per heavy atom. The molecule has 0 saturated carbocycles. The van der Waals surface area contributed by atoms with E-state index in [2.05, 4.69) is 15.4 Å². The number of esters is 1. The number of hydrogen-bond donors (Lipinski definition) is 1. The van der Waals surface area contributed by atoms with Crippen LogP contribution in [-0.2, 0) is 11.8 Å². The Balaban J connectivity index is 2.26. The Kier molecular flexibility index (Phi) is 5.15. The van der Waals surface area contributed by atoms with Gasteiger partial charge < -0.3 is 4.74 Å². The van der Waals surface area contributed by atoms with Crippen molar-refractivity contribution in [1.82, 2.24) is 14.8 Å². The van der Waals surface area contributed by atoms with E-state index >= 15 is 0 Å². The van der Waals surface area contributed by atoms with Gasteiger partial charge in [-0.25, -0.2) is 9.78 Å². The third kappa shape index (κ3) is 3.76. The van der Waals surface area contributed by atoms with Crippen molar-refractivity contribution < 1.29 is 14.3 Å². The number of anilines is 1. The van der Waals surface area contributed by atoms with Crippen LogP contribution >= 0.6 is 11.3 Å². The predicted octanol–water partition coefficient (Wildman–Crippen LogP) is 2.74. The lowest BCUT2D eigenvalue weighted by molar-refractivity contribution is 0.0530. The van der Waals surface area contributed by atoms with Crippen LogP contribution in [-0.4, -0.2) is 33.2 Å². The zero-order chi connectivity index (χ0) is 17.1. The van der Waals surface area contributed by atoms with Gasteiger partial charge in [0.2, 0.25) is 0 Å². The predicted molar refractivity (Wildman–Crippen MR) is 88.1 cm³/mol. The molecule has 1 N–H and O–H groups in total. The van der Waals surface area contributed by atoms with Crippen LogP contribution in [0.3, 0.4) is 0 Å². The molecule has 8 heteroatoms. The highest BCUT2D eigenvalue weighted by Gasteiger charge is 2.23. The molecule has 0 aliphatic rings. The second-order valence-electron chi connectivity index (χ2n) is 5.36. The van der Waals surface area contributed by atoms with Crippen LogP contribution in [0.4, 0.5) is 5.13 Å². The van der Waals surface area contributed by atoms with E-state index in [4.69, 9.17) is 4.74 Å². The Morgan fingerprint density at radius 2 is 2.13 bits per heavy atom. The van der Waals surface area contributed by atoms with Gasteiger partial charge in [-0.3, -0.25) is 14.8 Å². The molecular weight excluding hydrogens is 316 g/mol. The van der Waals surface area contributed by atoms with Gasteiger partial charge in [-0.15, -0.1) is 0 Å². The highest BCUT2D eigenvalue weighted by Crippen LogP contribution is 2.29. The van der Waals surface area contributed by atoms with Crippen LogP contribution in [0.1, 0.15) is 58.2 Å². The first-order chi connectivity index (χ1) is 10.8. The van der Waals surface area contributed by atoms with Gasteiger partial charge in [0.1, 0.15) is 10.6 Å². The second-order valence-corrected chi connectivity index (χ2v) is 6.36. The molecule has 0 unspecified atom stereocenters. The average molecular weight is 336 g/mol. The van der Waals surface area contributed by atoms with Crippen molar-refractivity contribution in [2.24, 2.45) is 7.05 Å². The molecule has 0 aliphatic carbocycles. The van der Waals surface area contributed by atoms with Crippen LogP contribution < -0.4 is 5.32 Å². The molecule has 0 atom stereocenters. The molecule has 0 radical (unpaired) electrons. The molecule has 0 saturated heterocycles. The molecule has 0 spiro atoms. The summed E-state index contributed by atoms with van der Waals surface area (Å²) in [7, 11) is 1.70. The number of carbonyl (C=O) groups is 2. The van der Waals surface area contributed by atoms with E-state index in [0.717, 1.165) is 17.0 Å². The molecule has 0 fully saturated rings. The maximum absolute atomic E-state index is 12.3. The molecule has 2 aromatic heterocycles. The maximum Gasteiger partial charge on any atom is 0.350 e. The summed E-state index contributed by atoms with van der Waals surface area (Å²) in [6.45, 7) is 7.74. The number of amides is 1. The summed E-state index contributed by atoms with van der Waals surface area (Å²) in [5, 5.41) is 7.24. The first kappa shape index (κ1) is 17.1. The molecule has 0 bridgehead atoms. The van der Waals surface area contributed by atoms with Crippen molar-refractivity contribution in [3.05, 3.63) is 28.0 Å². The van der Waals surface area contributed by atoms with Crippen molar-refractivity contribution in [2.75, 3.05) is 11.9 Å². The van der Waals surface area contributed by atoms with Crippen LogP contribution in [0, 0.1) is 6.92 Å². The quantitative estimate of drug-likeness (QED) is 0.849. The van der Waals surface area contributed by atoms with E-state index < -0.39 is 5.97 Å². The lowest BCUT2D eigenvalue weighted by atomic mass is 10.1. The van der Waals surface area contributed by atoms with E-state index in [1.807, 2.05) is 20.8 Å². The van der Waals surface area contributed by atoms with Gasteiger partial charge in [0.05, 0.1) is 18.0 Å². The lowest BCUT2D eigenvalue weighted by Gasteiger charge is -2.03. The first-order valence-electron chi connectivity index (χ1n) is 7.33. The summed E-state index contributed by atoms with van der Waals surface area (Å²) >= 11 is 1.12. The molecule has 23 heavy (non-hydrogen) atoms. The number of ether oxygens (including phenoxy) is 1. The SMILES string of the molecule is CCOC(=O)c1sc(NC(=O)c2cc(C)nn2C)nc1C(C)C. The van der Waals surface area contributed by atoms with Crippen molar-refractivity contribution in [3.63, 3.8) is 0 Å². The number of aryl methyl sites for hydroxylation is 2. The van der Waals surface area contributed by atoms with Gasteiger partial charge in [0, 0.05) is 7.05 Å². The summed E-state index contributed by atoms with van der Waals surface area (Å²) in [6, 6.07) is 1.69. The maximum atomic E-state index is 12.3. The zero-order valence-corrected chi connectivity index (χ0v) is 14.7. The largest absolute Gasteiger partial charge is 0.462 e. The number of rotatable bonds is 5. The highest BCUT2D eigenvalue weighted by molar-refractivity contribution is 7.17. The minimum Gasteiger partial charge on any atom is -0.462 e. The zero-order valence-electron chi connectivity index (χ0n) is 13.8. The fourth-order valence-electron chi connectivity index (χ4n) is 2.10. The molecule has 7 nitrogen and oxygen atoms in total. The molecule has 1 amide bonds. The molecule has 0 aliphatic heterocycles. The topological polar surface area (TPSA) is 86.1 Å². The smallest absolute Gasteiger partial charge is 0.350 e. The van der Waals surface area contributed by atoms with E-state index in [1.165, 1.54) is 4.68 Å². The molecular formula is C15H20N4O3S. The fraction of sp³-hybridized carbons (Fsp3) is 0.467. The fourth-order valence-corrected chi connectivity index (χ4v) is 3.11. The third-order valence-corrected chi connectivity index (χ3v) is 4.08. The Hall–Kier alpha value is -2.22. The summed E-state index contributed by atoms with van der Waals surface area (Å²) in [5.41, 5.74) is 1.82. The van der Waals surface area contributed by atoms with Gasteiger partial charge in [0.25, 0.3) is 5.91 Å². The van der Waals surface area contributed by atoms with Gasteiger partial charge in [0.15, 0.2) is 5.13 Å². The van der Waals surface area contributed by atoms with E-state index in [1.54, 1.807) is 20.0 Å². The highest BCUT2D eigenvalue weighted by atomic mass is 32.1. The Morgan fingerprint density at radius 1 is 1.43 bits per heavy atom. The van der Waals surface area contributed by atoms with E-state index in [-0.39, 0.29) is 11.8 Å². The molecule has 124 valence electrons. The number of carbonyl (C=O) groups excluding carboxylic acids is 2. The van der Waals surface area contributed by atoms with E-state index in [9.17, 15) is 9.59 Å². The van der Waals surface area contributed by atoms with Crippen molar-refractivity contribution in [3.8, 4) is 0 Å². The third-order valence-electron chi connectivity index (χ3n) is 3.12. The Labute approximate surface area is 138 Å². The number of nitrogens with one attached hydrogen (secondary N) is 1. The van der Waals surface area contributed by atoms with Crippen LogP contribution in [0.25, 0.3) is 0 Å². The van der Waals surface area contributed by atoms with Crippen molar-refractivity contribution >= 4 is 28.3 Å². The monoisotopic (exact) mass is 336 g/mol. The second kappa shape index (κ2) is 6.91. The van der Waals surface area contributed by atoms with Gasteiger partial charge >= 0.3 is 5.97 Å². The molecule has 2 heterocycles. The number of hydrogen-bond acceptors (Lipinski definition) is 6. The standard InChI is InChI=1S/C15H20N4O3S/c1-6-22-14(21)12-11(8(2)3)16-15(23-12)17-13(20)10-7-9(4)18-19(10)5/h7-8H,6H2,1-5H3,(H,16,17,20). The molecule has 2 aromatic rings. The van der Waals surface area contributed by atoms with Gasteiger partial charge in [-0.05, 0) is 25.8 Å². The minimum absolute atomic E-state index is 0.0512. The Bertz CT molecular complexity index is 733. The average Bonchev–Trinajstić information content (AvgIpc) is 3.02. The number of aromatic nitrogens is 3.